The largest absolute Gasteiger partial charge is 0.416 e. The maximum absolute atomic E-state index is 12.8. The molecule has 3 rings (SSSR count). The number of rotatable bonds is 3. The molecule has 1 aromatic heterocycles. The fourth-order valence-electron chi connectivity index (χ4n) is 3.35. The van der Waals surface area contributed by atoms with Crippen LogP contribution in [0.3, 0.4) is 0 Å². The summed E-state index contributed by atoms with van der Waals surface area (Å²) in [4.78, 5) is 15.3. The Bertz CT molecular complexity index is 779. The van der Waals surface area contributed by atoms with Crippen LogP contribution < -0.4 is 0 Å². The lowest BCUT2D eigenvalue weighted by molar-refractivity contribution is -0.137. The van der Waals surface area contributed by atoms with Gasteiger partial charge in [0, 0.05) is 18.7 Å². The maximum atomic E-state index is 12.8. The highest BCUT2D eigenvalue weighted by atomic mass is 19.4. The van der Waals surface area contributed by atoms with Crippen molar-refractivity contribution in [2.45, 2.75) is 33.0 Å². The third-order valence-electron chi connectivity index (χ3n) is 4.40. The Morgan fingerprint density at radius 1 is 1.23 bits per heavy atom. The second kappa shape index (κ2) is 7.05. The second-order valence-corrected chi connectivity index (χ2v) is 6.97. The number of alkyl halides is 3. The number of halogens is 3. The van der Waals surface area contributed by atoms with Gasteiger partial charge in [-0.1, -0.05) is 26.0 Å². The van der Waals surface area contributed by atoms with Crippen molar-refractivity contribution >= 4 is 5.91 Å². The number of nitrogens with zero attached hydrogens (tertiary/aromatic N) is 5. The van der Waals surface area contributed by atoms with Gasteiger partial charge in [0.15, 0.2) is 0 Å². The number of piperidine rings is 1. The summed E-state index contributed by atoms with van der Waals surface area (Å²) in [6, 6.07) is 4.72. The van der Waals surface area contributed by atoms with Crippen LogP contribution in [0, 0.1) is 11.8 Å². The molecule has 0 unspecified atom stereocenters. The van der Waals surface area contributed by atoms with Crippen molar-refractivity contribution in [2.24, 2.45) is 11.8 Å². The number of hydrogen-bond acceptors (Lipinski definition) is 4. The molecule has 1 amide bonds. The van der Waals surface area contributed by atoms with Crippen LogP contribution in [0.2, 0.25) is 0 Å². The molecule has 1 fully saturated rings. The number of carbonyl (C=O) groups is 1. The first-order valence-corrected chi connectivity index (χ1v) is 8.45. The molecule has 140 valence electrons. The molecule has 1 aromatic carbocycles. The highest BCUT2D eigenvalue weighted by Crippen LogP contribution is 2.31. The molecule has 1 aliphatic rings. The summed E-state index contributed by atoms with van der Waals surface area (Å²) in [7, 11) is 0. The number of benzene rings is 1. The number of likely N-dealkylation sites (tertiary alicyclic amines) is 1. The lowest BCUT2D eigenvalue weighted by Crippen LogP contribution is -2.44. The smallest absolute Gasteiger partial charge is 0.340 e. The van der Waals surface area contributed by atoms with Crippen molar-refractivity contribution in [2.75, 3.05) is 13.1 Å². The van der Waals surface area contributed by atoms with Crippen LogP contribution in [0.25, 0.3) is 11.4 Å². The molecular weight excluding hydrogens is 347 g/mol. The predicted octanol–water partition coefficient (Wildman–Crippen LogP) is 2.86. The quantitative estimate of drug-likeness (QED) is 0.837. The van der Waals surface area contributed by atoms with Crippen molar-refractivity contribution in [3.8, 4) is 11.4 Å². The maximum Gasteiger partial charge on any atom is 0.416 e. The van der Waals surface area contributed by atoms with Crippen molar-refractivity contribution in [3.63, 3.8) is 0 Å². The monoisotopic (exact) mass is 367 g/mol. The van der Waals surface area contributed by atoms with E-state index in [1.165, 1.54) is 12.1 Å². The molecule has 0 saturated carbocycles. The van der Waals surface area contributed by atoms with E-state index < -0.39 is 11.7 Å². The summed E-state index contributed by atoms with van der Waals surface area (Å²) in [5, 5.41) is 11.6. The van der Waals surface area contributed by atoms with E-state index in [9.17, 15) is 18.0 Å². The minimum atomic E-state index is -4.44. The average Bonchev–Trinajstić information content (AvgIpc) is 3.02. The molecule has 2 aromatic rings. The van der Waals surface area contributed by atoms with Gasteiger partial charge in [-0.15, -0.1) is 10.2 Å². The molecule has 1 saturated heterocycles. The van der Waals surface area contributed by atoms with Crippen LogP contribution in [-0.4, -0.2) is 44.1 Å². The molecule has 0 spiro atoms. The van der Waals surface area contributed by atoms with Gasteiger partial charge in [0.1, 0.15) is 6.54 Å². The highest BCUT2D eigenvalue weighted by molar-refractivity contribution is 5.76. The van der Waals surface area contributed by atoms with Crippen LogP contribution in [-0.2, 0) is 17.5 Å². The van der Waals surface area contributed by atoms with Gasteiger partial charge < -0.3 is 4.90 Å². The van der Waals surface area contributed by atoms with E-state index in [4.69, 9.17) is 0 Å². The fourth-order valence-corrected chi connectivity index (χ4v) is 3.35. The summed E-state index contributed by atoms with van der Waals surface area (Å²) in [6.07, 6.45) is -3.35. The van der Waals surface area contributed by atoms with E-state index in [1.807, 2.05) is 0 Å². The SMILES string of the molecule is C[C@H]1C[C@H](C)CN(C(=O)Cn2nnc(-c3cccc(C(F)(F)F)c3)n2)C1. The Morgan fingerprint density at radius 3 is 2.58 bits per heavy atom. The van der Waals surface area contributed by atoms with Crippen LogP contribution in [0.4, 0.5) is 13.2 Å². The number of tetrazole rings is 1. The van der Waals surface area contributed by atoms with E-state index in [-0.39, 0.29) is 23.8 Å². The summed E-state index contributed by atoms with van der Waals surface area (Å²) < 4.78 is 38.5. The first-order valence-electron chi connectivity index (χ1n) is 8.45. The van der Waals surface area contributed by atoms with Crippen LogP contribution in [0.15, 0.2) is 24.3 Å². The van der Waals surface area contributed by atoms with E-state index in [0.29, 0.717) is 24.9 Å². The van der Waals surface area contributed by atoms with Crippen molar-refractivity contribution in [3.05, 3.63) is 29.8 Å². The molecule has 1 aliphatic heterocycles. The topological polar surface area (TPSA) is 63.9 Å². The molecular formula is C17H20F3N5O. The van der Waals surface area contributed by atoms with Gasteiger partial charge >= 0.3 is 6.18 Å². The van der Waals surface area contributed by atoms with Gasteiger partial charge in [-0.3, -0.25) is 4.79 Å². The first-order chi connectivity index (χ1) is 12.2. The zero-order valence-electron chi connectivity index (χ0n) is 14.6. The van der Waals surface area contributed by atoms with E-state index >= 15 is 0 Å². The van der Waals surface area contributed by atoms with Crippen molar-refractivity contribution < 1.29 is 18.0 Å². The first kappa shape index (κ1) is 18.3. The number of hydrogen-bond donors (Lipinski definition) is 0. The summed E-state index contributed by atoms with van der Waals surface area (Å²) in [6.45, 7) is 5.52. The molecule has 0 bridgehead atoms. The third-order valence-corrected chi connectivity index (χ3v) is 4.40. The highest BCUT2D eigenvalue weighted by Gasteiger charge is 2.31. The Morgan fingerprint density at radius 2 is 1.92 bits per heavy atom. The van der Waals surface area contributed by atoms with Crippen molar-refractivity contribution in [1.29, 1.82) is 0 Å². The Labute approximate surface area is 149 Å². The van der Waals surface area contributed by atoms with Crippen LogP contribution in [0.1, 0.15) is 25.8 Å². The molecule has 6 nitrogen and oxygen atoms in total. The minimum Gasteiger partial charge on any atom is -0.340 e. The lowest BCUT2D eigenvalue weighted by atomic mass is 9.92. The van der Waals surface area contributed by atoms with E-state index in [0.717, 1.165) is 23.4 Å². The Balaban J connectivity index is 1.71. The van der Waals surface area contributed by atoms with Gasteiger partial charge in [-0.2, -0.15) is 18.0 Å². The van der Waals surface area contributed by atoms with Gasteiger partial charge in [0.05, 0.1) is 5.56 Å². The third kappa shape index (κ3) is 4.20. The van der Waals surface area contributed by atoms with E-state index in [1.54, 1.807) is 4.90 Å². The molecule has 2 heterocycles. The summed E-state index contributed by atoms with van der Waals surface area (Å²) >= 11 is 0. The molecule has 0 aliphatic carbocycles. The summed E-state index contributed by atoms with van der Waals surface area (Å²) in [5.74, 6) is 0.819. The molecule has 26 heavy (non-hydrogen) atoms. The zero-order chi connectivity index (χ0) is 18.9. The van der Waals surface area contributed by atoms with Gasteiger partial charge in [-0.05, 0) is 35.6 Å². The standard InChI is InChI=1S/C17H20F3N5O/c1-11-6-12(2)9-24(8-11)15(26)10-25-22-16(21-23-25)13-4-3-5-14(7-13)17(18,19)20/h3-5,7,11-12H,6,8-10H2,1-2H3/t11-,12-/m0/s1. The van der Waals surface area contributed by atoms with Gasteiger partial charge in [0.2, 0.25) is 11.7 Å². The summed E-state index contributed by atoms with van der Waals surface area (Å²) in [5.41, 5.74) is -0.572. The van der Waals surface area contributed by atoms with Gasteiger partial charge in [0.25, 0.3) is 0 Å². The number of carbonyl (C=O) groups excluding carboxylic acids is 1. The zero-order valence-corrected chi connectivity index (χ0v) is 14.6. The predicted molar refractivity (Wildman–Crippen MR) is 87.8 cm³/mol. The van der Waals surface area contributed by atoms with Gasteiger partial charge in [-0.25, -0.2) is 0 Å². The normalized spacial score (nSPS) is 21.0. The molecule has 0 radical (unpaired) electrons. The lowest BCUT2D eigenvalue weighted by Gasteiger charge is -2.34. The molecule has 9 heteroatoms. The number of amides is 1. The van der Waals surface area contributed by atoms with Crippen LogP contribution >= 0.6 is 0 Å². The molecule has 2 atom stereocenters. The Kier molecular flexibility index (Phi) is 4.97. The van der Waals surface area contributed by atoms with Crippen LogP contribution in [0.5, 0.6) is 0 Å². The Hall–Kier alpha value is -2.45. The van der Waals surface area contributed by atoms with E-state index in [2.05, 4.69) is 29.3 Å². The molecule has 0 N–H and O–H groups in total. The minimum absolute atomic E-state index is 0.0595. The number of aromatic nitrogens is 4. The van der Waals surface area contributed by atoms with Crippen molar-refractivity contribution in [1.82, 2.24) is 25.1 Å². The average molecular weight is 367 g/mol. The second-order valence-electron chi connectivity index (χ2n) is 6.97. The fraction of sp³-hybridized carbons (Fsp3) is 0.529.